The number of benzene rings is 1. The Balaban J connectivity index is 2.24. The standard InChI is InChI=1S/C17H28N2O3S/c1-2-3-4-5-6-7-8-9-10-17(20)19-23(21,22)16-13-11-15(18)12-14-16/h11-14H,2-10,18H2,1H3,(H,19,20). The Bertz CT molecular complexity index is 568. The first-order valence-electron chi connectivity index (χ1n) is 8.37. The van der Waals surface area contributed by atoms with Gasteiger partial charge in [-0.2, -0.15) is 0 Å². The van der Waals surface area contributed by atoms with Crippen LogP contribution in [0.4, 0.5) is 5.69 Å². The van der Waals surface area contributed by atoms with E-state index < -0.39 is 15.9 Å². The molecule has 0 aromatic heterocycles. The van der Waals surface area contributed by atoms with Gasteiger partial charge in [0.05, 0.1) is 4.90 Å². The van der Waals surface area contributed by atoms with Crippen LogP contribution < -0.4 is 10.5 Å². The zero-order chi connectivity index (χ0) is 17.1. The molecule has 0 unspecified atom stereocenters. The van der Waals surface area contributed by atoms with Gasteiger partial charge in [-0.1, -0.05) is 51.9 Å². The molecule has 0 aliphatic rings. The van der Waals surface area contributed by atoms with Gasteiger partial charge in [-0.3, -0.25) is 4.79 Å². The number of carbonyl (C=O) groups excluding carboxylic acids is 1. The van der Waals surface area contributed by atoms with Gasteiger partial charge in [0.2, 0.25) is 5.91 Å². The van der Waals surface area contributed by atoms with E-state index in [0.717, 1.165) is 19.3 Å². The van der Waals surface area contributed by atoms with Gasteiger partial charge < -0.3 is 5.73 Å². The number of hydrogen-bond acceptors (Lipinski definition) is 4. The molecular formula is C17H28N2O3S. The number of amides is 1. The van der Waals surface area contributed by atoms with E-state index in [2.05, 4.69) is 11.6 Å². The van der Waals surface area contributed by atoms with Crippen molar-refractivity contribution >= 4 is 21.6 Å². The molecule has 0 atom stereocenters. The van der Waals surface area contributed by atoms with Gasteiger partial charge in [0.25, 0.3) is 10.0 Å². The SMILES string of the molecule is CCCCCCCCCCC(=O)NS(=O)(=O)c1ccc(N)cc1. The predicted octanol–water partition coefficient (Wildman–Crippen LogP) is 3.60. The molecule has 1 rings (SSSR count). The largest absolute Gasteiger partial charge is 0.399 e. The Kier molecular flexibility index (Phi) is 8.69. The first-order chi connectivity index (χ1) is 11.0. The summed E-state index contributed by atoms with van der Waals surface area (Å²) >= 11 is 0. The monoisotopic (exact) mass is 340 g/mol. The molecule has 3 N–H and O–H groups in total. The number of sulfonamides is 1. The van der Waals surface area contributed by atoms with Crippen molar-refractivity contribution in [1.82, 2.24) is 4.72 Å². The first-order valence-corrected chi connectivity index (χ1v) is 9.85. The summed E-state index contributed by atoms with van der Waals surface area (Å²) in [5.74, 6) is -0.451. The van der Waals surface area contributed by atoms with E-state index in [1.807, 2.05) is 0 Å². The first kappa shape index (κ1) is 19.5. The highest BCUT2D eigenvalue weighted by Gasteiger charge is 2.16. The molecular weight excluding hydrogens is 312 g/mol. The summed E-state index contributed by atoms with van der Waals surface area (Å²) in [7, 11) is -3.79. The molecule has 5 nitrogen and oxygen atoms in total. The summed E-state index contributed by atoms with van der Waals surface area (Å²) < 4.78 is 26.1. The van der Waals surface area contributed by atoms with E-state index in [4.69, 9.17) is 5.73 Å². The molecule has 130 valence electrons. The minimum atomic E-state index is -3.79. The van der Waals surface area contributed by atoms with E-state index in [1.165, 1.54) is 56.4 Å². The molecule has 23 heavy (non-hydrogen) atoms. The van der Waals surface area contributed by atoms with Crippen LogP contribution in [0.15, 0.2) is 29.2 Å². The fraction of sp³-hybridized carbons (Fsp3) is 0.588. The Hall–Kier alpha value is -1.56. The van der Waals surface area contributed by atoms with Gasteiger partial charge in [0.15, 0.2) is 0 Å². The molecule has 0 fully saturated rings. The summed E-state index contributed by atoms with van der Waals surface area (Å²) in [5.41, 5.74) is 6.00. The van der Waals surface area contributed by atoms with Crippen molar-refractivity contribution < 1.29 is 13.2 Å². The minimum Gasteiger partial charge on any atom is -0.399 e. The lowest BCUT2D eigenvalue weighted by Gasteiger charge is -2.07. The highest BCUT2D eigenvalue weighted by molar-refractivity contribution is 7.90. The van der Waals surface area contributed by atoms with Crippen molar-refractivity contribution in [2.45, 2.75) is 69.6 Å². The van der Waals surface area contributed by atoms with Crippen molar-refractivity contribution in [2.24, 2.45) is 0 Å². The van der Waals surface area contributed by atoms with Crippen LogP contribution in [-0.4, -0.2) is 14.3 Å². The van der Waals surface area contributed by atoms with Gasteiger partial charge in [0.1, 0.15) is 0 Å². The van der Waals surface area contributed by atoms with Crippen LogP contribution in [0.3, 0.4) is 0 Å². The zero-order valence-corrected chi connectivity index (χ0v) is 14.7. The molecule has 0 spiro atoms. The van der Waals surface area contributed by atoms with Crippen molar-refractivity contribution in [3.8, 4) is 0 Å². The van der Waals surface area contributed by atoms with Crippen molar-refractivity contribution in [3.05, 3.63) is 24.3 Å². The summed E-state index contributed by atoms with van der Waals surface area (Å²) in [6, 6.07) is 5.78. The van der Waals surface area contributed by atoms with Crippen LogP contribution in [0.25, 0.3) is 0 Å². The molecule has 1 amide bonds. The number of rotatable bonds is 11. The third-order valence-corrected chi connectivity index (χ3v) is 5.09. The molecule has 0 aliphatic carbocycles. The predicted molar refractivity (Wildman–Crippen MR) is 93.4 cm³/mol. The molecule has 0 bridgehead atoms. The molecule has 0 radical (unpaired) electrons. The number of carbonyl (C=O) groups is 1. The summed E-state index contributed by atoms with van der Waals surface area (Å²) in [4.78, 5) is 11.8. The number of nitrogens with two attached hydrogens (primary N) is 1. The van der Waals surface area contributed by atoms with Crippen LogP contribution in [0.5, 0.6) is 0 Å². The average Bonchev–Trinajstić information content (AvgIpc) is 2.50. The van der Waals surface area contributed by atoms with Gasteiger partial charge in [-0.25, -0.2) is 13.1 Å². The highest BCUT2D eigenvalue weighted by Crippen LogP contribution is 2.12. The van der Waals surface area contributed by atoms with Crippen LogP contribution in [0, 0.1) is 0 Å². The molecule has 1 aromatic rings. The van der Waals surface area contributed by atoms with Gasteiger partial charge in [0, 0.05) is 12.1 Å². The second kappa shape index (κ2) is 10.3. The van der Waals surface area contributed by atoms with Crippen molar-refractivity contribution in [3.63, 3.8) is 0 Å². The second-order valence-corrected chi connectivity index (χ2v) is 7.50. The van der Waals surface area contributed by atoms with Crippen LogP contribution in [0.1, 0.15) is 64.7 Å². The smallest absolute Gasteiger partial charge is 0.264 e. The maximum atomic E-state index is 12.0. The number of hydrogen-bond donors (Lipinski definition) is 2. The zero-order valence-electron chi connectivity index (χ0n) is 13.9. The summed E-state index contributed by atoms with van der Waals surface area (Å²) in [5, 5.41) is 0. The number of anilines is 1. The third kappa shape index (κ3) is 8.02. The molecule has 0 aliphatic heterocycles. The quantitative estimate of drug-likeness (QED) is 0.476. The van der Waals surface area contributed by atoms with Crippen LogP contribution in [-0.2, 0) is 14.8 Å². The Morgan fingerprint density at radius 3 is 2.04 bits per heavy atom. The van der Waals surface area contributed by atoms with E-state index in [0.29, 0.717) is 5.69 Å². The molecule has 0 heterocycles. The van der Waals surface area contributed by atoms with Crippen LogP contribution in [0.2, 0.25) is 0 Å². The Morgan fingerprint density at radius 1 is 0.957 bits per heavy atom. The maximum Gasteiger partial charge on any atom is 0.264 e. The van der Waals surface area contributed by atoms with Crippen molar-refractivity contribution in [2.75, 3.05) is 5.73 Å². The summed E-state index contributed by atoms with van der Waals surface area (Å²) in [6.07, 6.45) is 9.24. The Labute approximate surface area is 139 Å². The number of nitrogens with one attached hydrogen (secondary N) is 1. The lowest BCUT2D eigenvalue weighted by atomic mass is 10.1. The van der Waals surface area contributed by atoms with E-state index in [9.17, 15) is 13.2 Å². The Morgan fingerprint density at radius 2 is 1.48 bits per heavy atom. The van der Waals surface area contributed by atoms with Gasteiger partial charge in [-0.05, 0) is 30.7 Å². The third-order valence-electron chi connectivity index (χ3n) is 3.70. The van der Waals surface area contributed by atoms with Gasteiger partial charge in [-0.15, -0.1) is 0 Å². The normalized spacial score (nSPS) is 11.3. The molecule has 0 saturated carbocycles. The van der Waals surface area contributed by atoms with E-state index in [-0.39, 0.29) is 11.3 Å². The highest BCUT2D eigenvalue weighted by atomic mass is 32.2. The maximum absolute atomic E-state index is 12.0. The fourth-order valence-electron chi connectivity index (χ4n) is 2.33. The molecule has 0 saturated heterocycles. The number of nitrogen functional groups attached to an aromatic ring is 1. The minimum absolute atomic E-state index is 0.0518. The second-order valence-electron chi connectivity index (χ2n) is 5.82. The fourth-order valence-corrected chi connectivity index (χ4v) is 3.34. The van der Waals surface area contributed by atoms with Crippen molar-refractivity contribution in [1.29, 1.82) is 0 Å². The van der Waals surface area contributed by atoms with E-state index >= 15 is 0 Å². The van der Waals surface area contributed by atoms with E-state index in [1.54, 1.807) is 0 Å². The number of unbranched alkanes of at least 4 members (excludes halogenated alkanes) is 7. The molecule has 6 heteroatoms. The molecule has 1 aromatic carbocycles. The topological polar surface area (TPSA) is 89.3 Å². The van der Waals surface area contributed by atoms with Crippen LogP contribution >= 0.6 is 0 Å². The lowest BCUT2D eigenvalue weighted by Crippen LogP contribution is -2.30. The summed E-state index contributed by atoms with van der Waals surface area (Å²) in [6.45, 7) is 2.19. The average molecular weight is 340 g/mol. The van der Waals surface area contributed by atoms with Gasteiger partial charge >= 0.3 is 0 Å². The lowest BCUT2D eigenvalue weighted by molar-refractivity contribution is -0.119.